The van der Waals surface area contributed by atoms with E-state index in [2.05, 4.69) is 17.0 Å². The van der Waals surface area contributed by atoms with Crippen molar-refractivity contribution in [2.24, 2.45) is 11.7 Å². The van der Waals surface area contributed by atoms with Crippen LogP contribution in [0.5, 0.6) is 0 Å². The van der Waals surface area contributed by atoms with Gasteiger partial charge in [-0.15, -0.1) is 0 Å². The fraction of sp³-hybridized carbons (Fsp3) is 0.571. The topological polar surface area (TPSA) is 84.2 Å². The average Bonchev–Trinajstić information content (AvgIpc) is 2.45. The molecule has 4 N–H and O–H groups in total. The Morgan fingerprint density at radius 1 is 1.25 bits per heavy atom. The molecule has 1 atom stereocenters. The van der Waals surface area contributed by atoms with E-state index in [1.165, 1.54) is 7.05 Å². The van der Waals surface area contributed by atoms with E-state index in [-0.39, 0.29) is 4.90 Å². The third kappa shape index (κ3) is 4.77. The van der Waals surface area contributed by atoms with Gasteiger partial charge in [0.1, 0.15) is 4.90 Å². The molecule has 0 saturated carbocycles. The summed E-state index contributed by atoms with van der Waals surface area (Å²) in [6, 6.07) is 6.94. The number of para-hydroxylation sites is 1. The van der Waals surface area contributed by atoms with Crippen molar-refractivity contribution in [3.05, 3.63) is 24.3 Å². The SMILES string of the molecule is CCCC(CCN)CNc1ccccc1S(=O)(=O)NC. The Bertz CT molecular complexity index is 497. The molecule has 1 unspecified atom stereocenters. The number of hydrogen-bond acceptors (Lipinski definition) is 4. The molecule has 0 fully saturated rings. The zero-order chi connectivity index (χ0) is 15.0. The Morgan fingerprint density at radius 2 is 1.95 bits per heavy atom. The molecule has 0 aliphatic carbocycles. The lowest BCUT2D eigenvalue weighted by Gasteiger charge is -2.18. The lowest BCUT2D eigenvalue weighted by molar-refractivity contribution is 0.473. The van der Waals surface area contributed by atoms with Crippen LogP contribution in [0.1, 0.15) is 26.2 Å². The molecule has 5 nitrogen and oxygen atoms in total. The van der Waals surface area contributed by atoms with Crippen molar-refractivity contribution in [2.75, 3.05) is 25.5 Å². The van der Waals surface area contributed by atoms with Crippen LogP contribution >= 0.6 is 0 Å². The molecule has 114 valence electrons. The van der Waals surface area contributed by atoms with E-state index in [9.17, 15) is 8.42 Å². The summed E-state index contributed by atoms with van der Waals surface area (Å²) in [7, 11) is -2.02. The van der Waals surface area contributed by atoms with Gasteiger partial charge >= 0.3 is 0 Å². The maximum absolute atomic E-state index is 11.9. The molecule has 1 aromatic carbocycles. The van der Waals surface area contributed by atoms with Gasteiger partial charge in [-0.2, -0.15) is 0 Å². The molecule has 0 bridgehead atoms. The predicted molar refractivity (Wildman–Crippen MR) is 83.2 cm³/mol. The van der Waals surface area contributed by atoms with Crippen LogP contribution in [-0.2, 0) is 10.0 Å². The molecule has 0 amide bonds. The second-order valence-electron chi connectivity index (χ2n) is 4.82. The minimum Gasteiger partial charge on any atom is -0.384 e. The summed E-state index contributed by atoms with van der Waals surface area (Å²) >= 11 is 0. The fourth-order valence-electron chi connectivity index (χ4n) is 2.20. The number of benzene rings is 1. The van der Waals surface area contributed by atoms with Gasteiger partial charge in [0.05, 0.1) is 5.69 Å². The van der Waals surface area contributed by atoms with Crippen LogP contribution in [0.15, 0.2) is 29.2 Å². The first-order chi connectivity index (χ1) is 9.55. The van der Waals surface area contributed by atoms with E-state index in [0.717, 1.165) is 25.8 Å². The summed E-state index contributed by atoms with van der Waals surface area (Å²) in [6.45, 7) is 3.53. The van der Waals surface area contributed by atoms with Gasteiger partial charge in [-0.1, -0.05) is 25.5 Å². The van der Waals surface area contributed by atoms with Gasteiger partial charge in [0.2, 0.25) is 10.0 Å². The Hall–Kier alpha value is -1.11. The van der Waals surface area contributed by atoms with Crippen LogP contribution in [-0.4, -0.2) is 28.6 Å². The van der Waals surface area contributed by atoms with Crippen molar-refractivity contribution in [3.8, 4) is 0 Å². The monoisotopic (exact) mass is 299 g/mol. The second-order valence-corrected chi connectivity index (χ2v) is 6.67. The van der Waals surface area contributed by atoms with E-state index in [0.29, 0.717) is 18.2 Å². The van der Waals surface area contributed by atoms with Crippen LogP contribution in [0.3, 0.4) is 0 Å². The van der Waals surface area contributed by atoms with Crippen LogP contribution in [0.4, 0.5) is 5.69 Å². The zero-order valence-corrected chi connectivity index (χ0v) is 13.0. The summed E-state index contributed by atoms with van der Waals surface area (Å²) < 4.78 is 26.2. The van der Waals surface area contributed by atoms with Crippen LogP contribution in [0.2, 0.25) is 0 Å². The largest absolute Gasteiger partial charge is 0.384 e. The maximum Gasteiger partial charge on any atom is 0.242 e. The van der Waals surface area contributed by atoms with E-state index >= 15 is 0 Å². The van der Waals surface area contributed by atoms with Crippen molar-refractivity contribution < 1.29 is 8.42 Å². The first-order valence-electron chi connectivity index (χ1n) is 7.01. The van der Waals surface area contributed by atoms with Crippen molar-refractivity contribution >= 4 is 15.7 Å². The van der Waals surface area contributed by atoms with Gasteiger partial charge in [-0.05, 0) is 44.5 Å². The Morgan fingerprint density at radius 3 is 2.55 bits per heavy atom. The first kappa shape index (κ1) is 16.9. The molecule has 0 saturated heterocycles. The van der Waals surface area contributed by atoms with Gasteiger partial charge in [0.15, 0.2) is 0 Å². The molecular formula is C14H25N3O2S. The number of nitrogens with two attached hydrogens (primary N) is 1. The maximum atomic E-state index is 11.9. The Balaban J connectivity index is 2.82. The quantitative estimate of drug-likeness (QED) is 0.649. The van der Waals surface area contributed by atoms with E-state index in [1.807, 2.05) is 6.07 Å². The molecule has 1 rings (SSSR count). The van der Waals surface area contributed by atoms with E-state index in [1.54, 1.807) is 18.2 Å². The molecule has 0 spiro atoms. The predicted octanol–water partition coefficient (Wildman–Crippen LogP) is 1.77. The molecule has 0 aromatic heterocycles. The van der Waals surface area contributed by atoms with Gasteiger partial charge < -0.3 is 11.1 Å². The van der Waals surface area contributed by atoms with Crippen LogP contribution in [0, 0.1) is 5.92 Å². The summed E-state index contributed by atoms with van der Waals surface area (Å²) in [5, 5.41) is 3.25. The second kappa shape index (κ2) is 8.24. The third-order valence-corrected chi connectivity index (χ3v) is 4.77. The van der Waals surface area contributed by atoms with Crippen molar-refractivity contribution in [1.29, 1.82) is 0 Å². The molecule has 1 aromatic rings. The highest BCUT2D eigenvalue weighted by molar-refractivity contribution is 7.89. The lowest BCUT2D eigenvalue weighted by Crippen LogP contribution is -2.22. The molecule has 20 heavy (non-hydrogen) atoms. The van der Waals surface area contributed by atoms with Crippen molar-refractivity contribution in [3.63, 3.8) is 0 Å². The first-order valence-corrected chi connectivity index (χ1v) is 8.50. The highest BCUT2D eigenvalue weighted by Gasteiger charge is 2.16. The normalized spacial score (nSPS) is 13.2. The standard InChI is InChI=1S/C14H25N3O2S/c1-3-6-12(9-10-15)11-17-13-7-4-5-8-14(13)20(18,19)16-2/h4-5,7-8,12,16-17H,3,6,9-11,15H2,1-2H3. The minimum atomic E-state index is -3.44. The molecule has 0 radical (unpaired) electrons. The van der Waals surface area contributed by atoms with Crippen LogP contribution in [0.25, 0.3) is 0 Å². The zero-order valence-electron chi connectivity index (χ0n) is 12.2. The van der Waals surface area contributed by atoms with E-state index < -0.39 is 10.0 Å². The van der Waals surface area contributed by atoms with Gasteiger partial charge in [0.25, 0.3) is 0 Å². The van der Waals surface area contributed by atoms with Crippen molar-refractivity contribution in [2.45, 2.75) is 31.1 Å². The van der Waals surface area contributed by atoms with E-state index in [4.69, 9.17) is 5.73 Å². The third-order valence-electron chi connectivity index (χ3n) is 3.30. The number of hydrogen-bond donors (Lipinski definition) is 3. The van der Waals surface area contributed by atoms with Crippen molar-refractivity contribution in [1.82, 2.24) is 4.72 Å². The number of nitrogens with one attached hydrogen (secondary N) is 2. The molecular weight excluding hydrogens is 274 g/mol. The molecule has 0 aliphatic heterocycles. The Kier molecular flexibility index (Phi) is 6.98. The Labute approximate surface area is 122 Å². The smallest absolute Gasteiger partial charge is 0.242 e. The highest BCUT2D eigenvalue weighted by Crippen LogP contribution is 2.21. The van der Waals surface area contributed by atoms with Crippen LogP contribution < -0.4 is 15.8 Å². The van der Waals surface area contributed by atoms with Gasteiger partial charge in [-0.25, -0.2) is 13.1 Å². The lowest BCUT2D eigenvalue weighted by atomic mass is 10.00. The number of sulfonamides is 1. The highest BCUT2D eigenvalue weighted by atomic mass is 32.2. The van der Waals surface area contributed by atoms with Gasteiger partial charge in [0, 0.05) is 6.54 Å². The minimum absolute atomic E-state index is 0.283. The summed E-state index contributed by atoms with van der Waals surface area (Å²) in [6.07, 6.45) is 3.13. The molecule has 0 heterocycles. The number of anilines is 1. The summed E-state index contributed by atoms with van der Waals surface area (Å²) in [5.41, 5.74) is 6.25. The molecule has 6 heteroatoms. The average molecular weight is 299 g/mol. The molecule has 0 aliphatic rings. The summed E-state index contributed by atoms with van der Waals surface area (Å²) in [4.78, 5) is 0.283. The number of rotatable bonds is 9. The fourth-order valence-corrected chi connectivity index (χ4v) is 3.11. The van der Waals surface area contributed by atoms with Gasteiger partial charge in [-0.3, -0.25) is 0 Å². The summed E-state index contributed by atoms with van der Waals surface area (Å²) in [5.74, 6) is 0.468.